The molecule has 106 valence electrons. The Kier molecular flexibility index (Phi) is 3.84. The first kappa shape index (κ1) is 13.7. The number of anilines is 1. The van der Waals surface area contributed by atoms with Crippen molar-refractivity contribution >= 4 is 23.2 Å². The number of fused-ring (bicyclic) bond motifs is 1. The molecular formula is C17H20ClNO. The van der Waals surface area contributed by atoms with Crippen LogP contribution in [0.4, 0.5) is 5.69 Å². The van der Waals surface area contributed by atoms with Gasteiger partial charge < -0.3 is 5.32 Å². The molecule has 0 heterocycles. The summed E-state index contributed by atoms with van der Waals surface area (Å²) in [6.45, 7) is 1.96. The van der Waals surface area contributed by atoms with E-state index in [0.29, 0.717) is 16.9 Å². The van der Waals surface area contributed by atoms with E-state index >= 15 is 0 Å². The maximum atomic E-state index is 12.4. The number of carbonyl (C=O) groups excluding carboxylic acids is 1. The highest BCUT2D eigenvalue weighted by molar-refractivity contribution is 6.31. The van der Waals surface area contributed by atoms with Crippen LogP contribution in [0.3, 0.4) is 0 Å². The highest BCUT2D eigenvalue weighted by Gasteiger charge is 2.53. The summed E-state index contributed by atoms with van der Waals surface area (Å²) >= 11 is 6.10. The van der Waals surface area contributed by atoms with E-state index in [9.17, 15) is 4.79 Å². The van der Waals surface area contributed by atoms with E-state index in [1.165, 1.54) is 0 Å². The van der Waals surface area contributed by atoms with Crippen LogP contribution in [0.1, 0.15) is 31.2 Å². The van der Waals surface area contributed by atoms with Crippen molar-refractivity contribution in [2.24, 2.45) is 17.8 Å². The smallest absolute Gasteiger partial charge is 0.228 e. The number of carbonyl (C=O) groups is 1. The molecule has 2 unspecified atom stereocenters. The first-order chi connectivity index (χ1) is 9.66. The van der Waals surface area contributed by atoms with Gasteiger partial charge >= 0.3 is 0 Å². The molecule has 3 rings (SSSR count). The van der Waals surface area contributed by atoms with E-state index in [0.717, 1.165) is 36.9 Å². The number of rotatable bonds is 2. The van der Waals surface area contributed by atoms with Crippen LogP contribution in [0.5, 0.6) is 0 Å². The average molecular weight is 290 g/mol. The largest absolute Gasteiger partial charge is 0.326 e. The van der Waals surface area contributed by atoms with Crippen molar-refractivity contribution in [3.63, 3.8) is 0 Å². The van der Waals surface area contributed by atoms with Crippen molar-refractivity contribution < 1.29 is 4.79 Å². The molecule has 2 atom stereocenters. The van der Waals surface area contributed by atoms with Crippen LogP contribution < -0.4 is 5.32 Å². The third-order valence-corrected chi connectivity index (χ3v) is 4.98. The van der Waals surface area contributed by atoms with E-state index in [1.807, 2.05) is 25.1 Å². The molecule has 20 heavy (non-hydrogen) atoms. The molecule has 0 aromatic heterocycles. The monoisotopic (exact) mass is 289 g/mol. The van der Waals surface area contributed by atoms with Gasteiger partial charge in [-0.3, -0.25) is 4.79 Å². The van der Waals surface area contributed by atoms with Crippen molar-refractivity contribution in [3.05, 3.63) is 40.9 Å². The molecule has 1 amide bonds. The van der Waals surface area contributed by atoms with Gasteiger partial charge in [0.15, 0.2) is 0 Å². The molecule has 2 nitrogen and oxygen atoms in total. The molecule has 0 aliphatic heterocycles. The summed E-state index contributed by atoms with van der Waals surface area (Å²) in [4.78, 5) is 12.4. The molecule has 2 aliphatic rings. The fourth-order valence-electron chi connectivity index (χ4n) is 3.33. The third kappa shape index (κ3) is 2.76. The Morgan fingerprint density at radius 2 is 1.85 bits per heavy atom. The molecule has 1 fully saturated rings. The Hall–Kier alpha value is -1.28. The Morgan fingerprint density at radius 3 is 2.45 bits per heavy atom. The summed E-state index contributed by atoms with van der Waals surface area (Å²) in [6.07, 6.45) is 9.02. The Bertz CT molecular complexity index is 536. The molecule has 1 saturated carbocycles. The first-order valence-electron chi connectivity index (χ1n) is 7.39. The van der Waals surface area contributed by atoms with E-state index in [4.69, 9.17) is 11.6 Å². The number of allylic oxidation sites excluding steroid dienone is 2. The Morgan fingerprint density at radius 1 is 1.20 bits per heavy atom. The first-order valence-corrected chi connectivity index (χ1v) is 7.76. The van der Waals surface area contributed by atoms with Gasteiger partial charge in [0.2, 0.25) is 5.91 Å². The van der Waals surface area contributed by atoms with E-state index in [1.54, 1.807) is 0 Å². The van der Waals surface area contributed by atoms with Gasteiger partial charge in [0.25, 0.3) is 0 Å². The van der Waals surface area contributed by atoms with Crippen molar-refractivity contribution in [3.8, 4) is 0 Å². The molecule has 3 heteroatoms. The zero-order chi connectivity index (χ0) is 14.1. The summed E-state index contributed by atoms with van der Waals surface area (Å²) in [5.41, 5.74) is 1.84. The van der Waals surface area contributed by atoms with Gasteiger partial charge in [-0.25, -0.2) is 0 Å². The lowest BCUT2D eigenvalue weighted by molar-refractivity contribution is -0.117. The highest BCUT2D eigenvalue weighted by atomic mass is 35.5. The molecule has 0 radical (unpaired) electrons. The number of amides is 1. The zero-order valence-electron chi connectivity index (χ0n) is 11.7. The lowest BCUT2D eigenvalue weighted by atomic mass is 10.1. The quantitative estimate of drug-likeness (QED) is 0.793. The molecular weight excluding hydrogens is 270 g/mol. The Balaban J connectivity index is 1.64. The van der Waals surface area contributed by atoms with Gasteiger partial charge in [-0.15, -0.1) is 0 Å². The molecule has 2 aliphatic carbocycles. The van der Waals surface area contributed by atoms with Crippen LogP contribution in [0.25, 0.3) is 0 Å². The predicted octanol–water partition coefficient (Wildman–Crippen LogP) is 4.58. The van der Waals surface area contributed by atoms with Crippen molar-refractivity contribution in [1.82, 2.24) is 0 Å². The van der Waals surface area contributed by atoms with Gasteiger partial charge in [-0.1, -0.05) is 29.8 Å². The topological polar surface area (TPSA) is 29.1 Å². The van der Waals surface area contributed by atoms with Crippen LogP contribution in [-0.4, -0.2) is 5.91 Å². The van der Waals surface area contributed by atoms with Crippen LogP contribution in [0, 0.1) is 24.7 Å². The number of aryl methyl sites for hydroxylation is 1. The van der Waals surface area contributed by atoms with Gasteiger partial charge in [-0.05, 0) is 62.1 Å². The van der Waals surface area contributed by atoms with Crippen molar-refractivity contribution in [2.75, 3.05) is 5.32 Å². The second kappa shape index (κ2) is 5.61. The number of nitrogens with one attached hydrogen (secondary N) is 1. The normalized spacial score (nSPS) is 28.2. The van der Waals surface area contributed by atoms with Crippen molar-refractivity contribution in [2.45, 2.75) is 32.6 Å². The zero-order valence-corrected chi connectivity index (χ0v) is 12.5. The standard InChI is InChI=1S/C17H20ClNO/c1-11-8-9-12(10-15(11)18)19-17(20)16-13-6-4-2-3-5-7-14(13)16/h2-3,8-10,13-14,16H,4-7H2,1H3,(H,19,20). The summed E-state index contributed by atoms with van der Waals surface area (Å²) in [5, 5.41) is 3.73. The highest BCUT2D eigenvalue weighted by Crippen LogP contribution is 2.53. The van der Waals surface area contributed by atoms with Gasteiger partial charge in [0.05, 0.1) is 0 Å². The number of hydrogen-bond acceptors (Lipinski definition) is 1. The minimum atomic E-state index is 0.168. The average Bonchev–Trinajstić information content (AvgIpc) is 3.05. The van der Waals surface area contributed by atoms with Gasteiger partial charge in [0, 0.05) is 16.6 Å². The summed E-state index contributed by atoms with van der Waals surface area (Å²) < 4.78 is 0. The van der Waals surface area contributed by atoms with E-state index < -0.39 is 0 Å². The maximum absolute atomic E-state index is 12.4. The molecule has 1 aromatic carbocycles. The number of benzene rings is 1. The fourth-order valence-corrected chi connectivity index (χ4v) is 3.51. The SMILES string of the molecule is Cc1ccc(NC(=O)C2C3CCC=CCCC32)cc1Cl. The molecule has 0 saturated heterocycles. The predicted molar refractivity (Wildman–Crippen MR) is 82.9 cm³/mol. The van der Waals surface area contributed by atoms with Crippen LogP contribution in [0.2, 0.25) is 5.02 Å². The number of halogens is 1. The minimum Gasteiger partial charge on any atom is -0.326 e. The summed E-state index contributed by atoms with van der Waals surface area (Å²) in [7, 11) is 0. The van der Waals surface area contributed by atoms with Crippen LogP contribution in [-0.2, 0) is 4.79 Å². The molecule has 1 N–H and O–H groups in total. The van der Waals surface area contributed by atoms with Gasteiger partial charge in [0.1, 0.15) is 0 Å². The van der Waals surface area contributed by atoms with Crippen molar-refractivity contribution in [1.29, 1.82) is 0 Å². The molecule has 0 bridgehead atoms. The summed E-state index contributed by atoms with van der Waals surface area (Å²) in [5.74, 6) is 1.54. The lowest BCUT2D eigenvalue weighted by Crippen LogP contribution is -2.15. The Labute approximate surface area is 125 Å². The van der Waals surface area contributed by atoms with E-state index in [2.05, 4.69) is 17.5 Å². The fraction of sp³-hybridized carbons (Fsp3) is 0.471. The molecule has 1 aromatic rings. The summed E-state index contributed by atoms with van der Waals surface area (Å²) in [6, 6.07) is 5.70. The molecule has 0 spiro atoms. The van der Waals surface area contributed by atoms with E-state index in [-0.39, 0.29) is 11.8 Å². The van der Waals surface area contributed by atoms with Gasteiger partial charge in [-0.2, -0.15) is 0 Å². The van der Waals surface area contributed by atoms with Crippen LogP contribution in [0.15, 0.2) is 30.4 Å². The second-order valence-electron chi connectivity index (χ2n) is 5.93. The maximum Gasteiger partial charge on any atom is 0.228 e. The number of hydrogen-bond donors (Lipinski definition) is 1. The minimum absolute atomic E-state index is 0.168. The third-order valence-electron chi connectivity index (χ3n) is 4.57. The lowest BCUT2D eigenvalue weighted by Gasteiger charge is -2.06. The second-order valence-corrected chi connectivity index (χ2v) is 6.34. The van der Waals surface area contributed by atoms with Crippen LogP contribution >= 0.6 is 11.6 Å².